The Hall–Kier alpha value is -6.91. The van der Waals surface area contributed by atoms with E-state index in [2.05, 4.69) is 103 Å². The van der Waals surface area contributed by atoms with Gasteiger partial charge in [-0.05, 0) is 62.5 Å². The fourth-order valence-electron chi connectivity index (χ4n) is 7.21. The van der Waals surface area contributed by atoms with Crippen molar-refractivity contribution in [3.63, 3.8) is 0 Å². The highest BCUT2D eigenvalue weighted by Crippen LogP contribution is 2.42. The van der Waals surface area contributed by atoms with Gasteiger partial charge in [0.15, 0.2) is 17.5 Å². The van der Waals surface area contributed by atoms with E-state index in [1.807, 2.05) is 72.8 Å². The van der Waals surface area contributed by atoms with E-state index in [4.69, 9.17) is 19.4 Å². The number of rotatable bonds is 5. The average Bonchev–Trinajstić information content (AvgIpc) is 3.59. The molecule has 0 aliphatic heterocycles. The summed E-state index contributed by atoms with van der Waals surface area (Å²) in [6, 6.07) is 61.1. The van der Waals surface area contributed by atoms with Crippen LogP contribution in [0.2, 0.25) is 0 Å². The molecule has 238 valence electrons. The molecule has 2 aromatic heterocycles. The molecule has 0 aliphatic rings. The van der Waals surface area contributed by atoms with Gasteiger partial charge in [0, 0.05) is 33.0 Å². The second-order valence-corrected chi connectivity index (χ2v) is 12.8. The third-order valence-electron chi connectivity index (χ3n) is 9.74. The number of nitrogens with zero attached hydrogens (tertiary/aromatic N) is 3. The highest BCUT2D eigenvalue weighted by atomic mass is 16.3. The summed E-state index contributed by atoms with van der Waals surface area (Å²) in [6.07, 6.45) is 0. The molecule has 51 heavy (non-hydrogen) atoms. The van der Waals surface area contributed by atoms with Gasteiger partial charge in [-0.2, -0.15) is 0 Å². The molecule has 0 spiro atoms. The number of hydrogen-bond donors (Lipinski definition) is 0. The summed E-state index contributed by atoms with van der Waals surface area (Å²) in [5, 5.41) is 7.14. The van der Waals surface area contributed by atoms with Crippen LogP contribution >= 0.6 is 0 Å². The molecule has 8 aromatic carbocycles. The van der Waals surface area contributed by atoms with Crippen LogP contribution in [0.4, 0.5) is 0 Å². The first kappa shape index (κ1) is 29.0. The van der Waals surface area contributed by atoms with Crippen molar-refractivity contribution in [2.45, 2.75) is 0 Å². The first-order valence-electron chi connectivity index (χ1n) is 17.1. The van der Waals surface area contributed by atoms with Gasteiger partial charge < -0.3 is 4.42 Å². The zero-order valence-corrected chi connectivity index (χ0v) is 27.5. The fourth-order valence-corrected chi connectivity index (χ4v) is 7.21. The van der Waals surface area contributed by atoms with E-state index in [0.717, 1.165) is 55.3 Å². The summed E-state index contributed by atoms with van der Waals surface area (Å²) in [5.74, 6) is 1.83. The second-order valence-electron chi connectivity index (χ2n) is 12.8. The average molecular weight is 652 g/mol. The maximum absolute atomic E-state index is 6.66. The number of fused-ring (bicyclic) bond motifs is 6. The van der Waals surface area contributed by atoms with Crippen molar-refractivity contribution in [3.05, 3.63) is 176 Å². The smallest absolute Gasteiger partial charge is 0.164 e. The third-order valence-corrected chi connectivity index (χ3v) is 9.74. The monoisotopic (exact) mass is 651 g/mol. The van der Waals surface area contributed by atoms with Crippen molar-refractivity contribution in [3.8, 4) is 56.4 Å². The maximum Gasteiger partial charge on any atom is 0.164 e. The van der Waals surface area contributed by atoms with Crippen molar-refractivity contribution in [2.75, 3.05) is 0 Å². The highest BCUT2D eigenvalue weighted by Gasteiger charge is 2.21. The molecule has 0 N–H and O–H groups in total. The summed E-state index contributed by atoms with van der Waals surface area (Å²) >= 11 is 0. The van der Waals surface area contributed by atoms with Crippen molar-refractivity contribution < 1.29 is 4.42 Å². The number of hydrogen-bond acceptors (Lipinski definition) is 4. The number of aromatic nitrogens is 3. The van der Waals surface area contributed by atoms with Gasteiger partial charge >= 0.3 is 0 Å². The van der Waals surface area contributed by atoms with Gasteiger partial charge in [-0.15, -0.1) is 0 Å². The largest absolute Gasteiger partial charge is 0.455 e. The lowest BCUT2D eigenvalue weighted by molar-refractivity contribution is 0.670. The van der Waals surface area contributed by atoms with Crippen LogP contribution in [0, 0.1) is 0 Å². The molecule has 0 fully saturated rings. The molecule has 0 saturated carbocycles. The Morgan fingerprint density at radius 1 is 0.333 bits per heavy atom. The zero-order valence-electron chi connectivity index (χ0n) is 27.5. The summed E-state index contributed by atoms with van der Waals surface area (Å²) < 4.78 is 6.66. The van der Waals surface area contributed by atoms with Crippen LogP contribution in [-0.2, 0) is 0 Å². The number of furan rings is 1. The SMILES string of the molecule is c1ccc(-c2nc(-c3ccccc3)nc(-c3ccc4c(oc5ccccc54)c3-c3ccc(-c4ccc5c(ccc6ccccc65)c4)cc3)n2)cc1. The normalized spacial score (nSPS) is 11.5. The minimum absolute atomic E-state index is 0.589. The maximum atomic E-state index is 6.66. The summed E-state index contributed by atoms with van der Waals surface area (Å²) in [7, 11) is 0. The van der Waals surface area contributed by atoms with E-state index >= 15 is 0 Å². The summed E-state index contributed by atoms with van der Waals surface area (Å²) in [4.78, 5) is 15.1. The lowest BCUT2D eigenvalue weighted by atomic mass is 9.93. The molecule has 0 radical (unpaired) electrons. The van der Waals surface area contributed by atoms with Crippen LogP contribution < -0.4 is 0 Å². The van der Waals surface area contributed by atoms with Crippen LogP contribution in [0.15, 0.2) is 180 Å². The standard InChI is InChI=1S/C47H29N3O/c1-3-12-33(13-4-1)45-48-46(34-14-5-2-6-15-34)50-47(49-45)41-28-27-40-39-17-9-10-18-42(39)51-44(40)43(41)32-22-19-30(20-23-32)35-25-26-38-36(29-35)24-21-31-11-7-8-16-37(31)38/h1-29H. The molecule has 10 aromatic rings. The number of para-hydroxylation sites is 1. The minimum Gasteiger partial charge on any atom is -0.455 e. The molecular weight excluding hydrogens is 623 g/mol. The van der Waals surface area contributed by atoms with Crippen LogP contribution in [0.3, 0.4) is 0 Å². The van der Waals surface area contributed by atoms with E-state index < -0.39 is 0 Å². The van der Waals surface area contributed by atoms with Gasteiger partial charge in [-0.1, -0.05) is 152 Å². The van der Waals surface area contributed by atoms with Crippen molar-refractivity contribution in [1.82, 2.24) is 15.0 Å². The van der Waals surface area contributed by atoms with E-state index in [9.17, 15) is 0 Å². The zero-order chi connectivity index (χ0) is 33.7. The third kappa shape index (κ3) is 5.04. The molecule has 0 saturated heterocycles. The molecule has 2 heterocycles. The van der Waals surface area contributed by atoms with Crippen LogP contribution in [0.1, 0.15) is 0 Å². The van der Waals surface area contributed by atoms with E-state index in [1.54, 1.807) is 0 Å². The van der Waals surface area contributed by atoms with Gasteiger partial charge in [0.1, 0.15) is 11.2 Å². The van der Waals surface area contributed by atoms with Crippen LogP contribution in [0.5, 0.6) is 0 Å². The molecule has 4 nitrogen and oxygen atoms in total. The van der Waals surface area contributed by atoms with E-state index in [-0.39, 0.29) is 0 Å². The molecule has 0 amide bonds. The molecular formula is C47H29N3O. The Bertz CT molecular complexity index is 2840. The summed E-state index contributed by atoms with van der Waals surface area (Å²) in [6.45, 7) is 0. The van der Waals surface area contributed by atoms with Crippen LogP contribution in [-0.4, -0.2) is 15.0 Å². The Balaban J connectivity index is 1.16. The minimum atomic E-state index is 0.589. The predicted molar refractivity (Wildman–Crippen MR) is 209 cm³/mol. The first-order chi connectivity index (χ1) is 25.3. The Morgan fingerprint density at radius 2 is 0.882 bits per heavy atom. The van der Waals surface area contributed by atoms with Gasteiger partial charge in [0.2, 0.25) is 0 Å². The number of benzene rings is 8. The molecule has 4 heteroatoms. The van der Waals surface area contributed by atoms with E-state index in [1.165, 1.54) is 27.1 Å². The van der Waals surface area contributed by atoms with E-state index in [0.29, 0.717) is 17.5 Å². The lowest BCUT2D eigenvalue weighted by Gasteiger charge is -2.13. The fraction of sp³-hybridized carbons (Fsp3) is 0. The molecule has 10 rings (SSSR count). The second kappa shape index (κ2) is 11.9. The lowest BCUT2D eigenvalue weighted by Crippen LogP contribution is -2.01. The first-order valence-corrected chi connectivity index (χ1v) is 17.1. The Morgan fingerprint density at radius 3 is 1.63 bits per heavy atom. The van der Waals surface area contributed by atoms with Gasteiger partial charge in [-0.25, -0.2) is 15.0 Å². The molecule has 0 aliphatic carbocycles. The van der Waals surface area contributed by atoms with Crippen molar-refractivity contribution in [2.24, 2.45) is 0 Å². The van der Waals surface area contributed by atoms with Crippen molar-refractivity contribution in [1.29, 1.82) is 0 Å². The quantitative estimate of drug-likeness (QED) is 0.174. The van der Waals surface area contributed by atoms with Gasteiger partial charge in [-0.3, -0.25) is 0 Å². The molecule has 0 unspecified atom stereocenters. The van der Waals surface area contributed by atoms with Gasteiger partial charge in [0.05, 0.1) is 0 Å². The highest BCUT2D eigenvalue weighted by molar-refractivity contribution is 6.12. The molecule has 0 bridgehead atoms. The topological polar surface area (TPSA) is 51.8 Å². The predicted octanol–water partition coefficient (Wildman–Crippen LogP) is 12.4. The van der Waals surface area contributed by atoms with Gasteiger partial charge in [0.25, 0.3) is 0 Å². The Labute approximate surface area is 294 Å². The summed E-state index contributed by atoms with van der Waals surface area (Å²) in [5.41, 5.74) is 8.67. The Kier molecular flexibility index (Phi) is 6.78. The molecule has 0 atom stereocenters. The van der Waals surface area contributed by atoms with Crippen molar-refractivity contribution >= 4 is 43.5 Å². The van der Waals surface area contributed by atoms with Crippen LogP contribution in [0.25, 0.3) is 99.9 Å².